The van der Waals surface area contributed by atoms with Gasteiger partial charge in [-0.3, -0.25) is 0 Å². The highest BCUT2D eigenvalue weighted by atomic mass is 15.2. The molecule has 0 N–H and O–H groups in total. The maximum Gasteiger partial charge on any atom is 0.0696 e. The number of fused-ring (bicyclic) bond motifs is 1. The summed E-state index contributed by atoms with van der Waals surface area (Å²) in [7, 11) is 0. The van der Waals surface area contributed by atoms with E-state index >= 15 is 0 Å². The van der Waals surface area contributed by atoms with Gasteiger partial charge >= 0.3 is 0 Å². The van der Waals surface area contributed by atoms with E-state index in [0.717, 1.165) is 0 Å². The molecule has 2 aromatic rings. The molecule has 0 aliphatic heterocycles. The van der Waals surface area contributed by atoms with Crippen molar-refractivity contribution in [3.05, 3.63) is 36.2 Å². The third-order valence-corrected chi connectivity index (χ3v) is 2.09. The van der Waals surface area contributed by atoms with E-state index in [-0.39, 0.29) is 0 Å². The first kappa shape index (κ1) is 14.7. The standard InChI is InChI=1S/C10H12N2.2C2H6/c1-8(2)9-4-3-7-12-10(9)5-6-11-12;2*1-2/h3-8H,1-2H3;2*1-2H3. The van der Waals surface area contributed by atoms with Crippen LogP contribution in [0.1, 0.15) is 53.0 Å². The summed E-state index contributed by atoms with van der Waals surface area (Å²) in [5, 5.41) is 4.18. The normalized spacial score (nSPS) is 9.19. The van der Waals surface area contributed by atoms with Gasteiger partial charge in [0.05, 0.1) is 5.52 Å². The molecule has 0 bridgehead atoms. The average molecular weight is 220 g/mol. The van der Waals surface area contributed by atoms with Crippen LogP contribution in [-0.2, 0) is 0 Å². The molecular formula is C14H24N2. The Morgan fingerprint density at radius 1 is 1.06 bits per heavy atom. The van der Waals surface area contributed by atoms with Crippen LogP contribution in [0.2, 0.25) is 0 Å². The molecule has 0 radical (unpaired) electrons. The lowest BCUT2D eigenvalue weighted by Gasteiger charge is -2.06. The molecule has 2 heterocycles. The van der Waals surface area contributed by atoms with Gasteiger partial charge in [-0.25, -0.2) is 4.52 Å². The van der Waals surface area contributed by atoms with Crippen LogP contribution in [0, 0.1) is 0 Å². The van der Waals surface area contributed by atoms with Gasteiger partial charge in [-0.05, 0) is 23.6 Å². The van der Waals surface area contributed by atoms with Crippen molar-refractivity contribution in [1.82, 2.24) is 9.61 Å². The van der Waals surface area contributed by atoms with Crippen LogP contribution in [0.3, 0.4) is 0 Å². The number of aromatic nitrogens is 2. The number of hydrogen-bond donors (Lipinski definition) is 0. The molecule has 0 spiro atoms. The molecular weight excluding hydrogens is 196 g/mol. The van der Waals surface area contributed by atoms with Crippen LogP contribution < -0.4 is 0 Å². The van der Waals surface area contributed by atoms with Crippen molar-refractivity contribution >= 4 is 5.52 Å². The number of hydrogen-bond acceptors (Lipinski definition) is 1. The largest absolute Gasteiger partial charge is 0.241 e. The van der Waals surface area contributed by atoms with Crippen molar-refractivity contribution in [1.29, 1.82) is 0 Å². The van der Waals surface area contributed by atoms with Crippen LogP contribution in [-0.4, -0.2) is 9.61 Å². The second kappa shape index (κ2) is 7.91. The lowest BCUT2D eigenvalue weighted by atomic mass is 10.0. The van der Waals surface area contributed by atoms with Crippen molar-refractivity contribution < 1.29 is 0 Å². The molecule has 0 unspecified atom stereocenters. The molecule has 2 heteroatoms. The smallest absolute Gasteiger partial charge is 0.0696 e. The molecule has 2 aromatic heterocycles. The van der Waals surface area contributed by atoms with Gasteiger partial charge in [-0.1, -0.05) is 47.6 Å². The molecule has 0 saturated heterocycles. The predicted molar refractivity (Wildman–Crippen MR) is 72.0 cm³/mol. The van der Waals surface area contributed by atoms with Gasteiger partial charge in [-0.2, -0.15) is 5.10 Å². The molecule has 0 aliphatic rings. The van der Waals surface area contributed by atoms with Crippen molar-refractivity contribution in [3.8, 4) is 0 Å². The molecule has 2 rings (SSSR count). The van der Waals surface area contributed by atoms with E-state index in [4.69, 9.17) is 0 Å². The quantitative estimate of drug-likeness (QED) is 0.691. The molecule has 0 aromatic carbocycles. The van der Waals surface area contributed by atoms with Crippen LogP contribution in [0.5, 0.6) is 0 Å². The highest BCUT2D eigenvalue weighted by molar-refractivity contribution is 5.54. The van der Waals surface area contributed by atoms with E-state index in [9.17, 15) is 0 Å². The summed E-state index contributed by atoms with van der Waals surface area (Å²) in [4.78, 5) is 0. The highest BCUT2D eigenvalue weighted by Gasteiger charge is 2.03. The Labute approximate surface area is 99.3 Å². The van der Waals surface area contributed by atoms with E-state index in [1.54, 1.807) is 0 Å². The Kier molecular flexibility index (Phi) is 7.27. The molecule has 0 aliphatic carbocycles. The first-order valence-corrected chi connectivity index (χ1v) is 6.21. The van der Waals surface area contributed by atoms with Gasteiger partial charge in [-0.15, -0.1) is 0 Å². The minimum Gasteiger partial charge on any atom is -0.241 e. The first-order valence-electron chi connectivity index (χ1n) is 6.21. The van der Waals surface area contributed by atoms with E-state index in [2.05, 4.69) is 31.1 Å². The Morgan fingerprint density at radius 3 is 2.25 bits per heavy atom. The van der Waals surface area contributed by atoms with Crippen LogP contribution in [0.4, 0.5) is 0 Å². The average Bonchev–Trinajstić information content (AvgIpc) is 2.81. The van der Waals surface area contributed by atoms with Crippen LogP contribution in [0.25, 0.3) is 5.52 Å². The molecule has 0 saturated carbocycles. The molecule has 0 fully saturated rings. The van der Waals surface area contributed by atoms with Crippen LogP contribution >= 0.6 is 0 Å². The minimum atomic E-state index is 0.561. The van der Waals surface area contributed by atoms with E-state index in [1.165, 1.54) is 11.1 Å². The molecule has 16 heavy (non-hydrogen) atoms. The summed E-state index contributed by atoms with van der Waals surface area (Å²) < 4.78 is 1.91. The summed E-state index contributed by atoms with van der Waals surface area (Å²) in [5.74, 6) is 0.561. The Morgan fingerprint density at radius 2 is 1.69 bits per heavy atom. The number of rotatable bonds is 1. The molecule has 0 atom stereocenters. The van der Waals surface area contributed by atoms with Gasteiger partial charge in [0.1, 0.15) is 0 Å². The SMILES string of the molecule is CC.CC.CC(C)c1cccn2nccc12. The Balaban J connectivity index is 0.000000509. The zero-order valence-electron chi connectivity index (χ0n) is 11.4. The van der Waals surface area contributed by atoms with Crippen molar-refractivity contribution in [2.24, 2.45) is 0 Å². The molecule has 2 nitrogen and oxygen atoms in total. The summed E-state index contributed by atoms with van der Waals surface area (Å²) in [6.45, 7) is 12.4. The fourth-order valence-corrected chi connectivity index (χ4v) is 1.46. The molecule has 90 valence electrons. The number of pyridine rings is 1. The zero-order chi connectivity index (χ0) is 12.6. The van der Waals surface area contributed by atoms with E-state index in [0.29, 0.717) is 5.92 Å². The zero-order valence-corrected chi connectivity index (χ0v) is 11.4. The van der Waals surface area contributed by atoms with Crippen molar-refractivity contribution in [2.45, 2.75) is 47.5 Å². The second-order valence-electron chi connectivity index (χ2n) is 3.28. The summed E-state index contributed by atoms with van der Waals surface area (Å²) in [6, 6.07) is 6.24. The lowest BCUT2D eigenvalue weighted by Crippen LogP contribution is -1.93. The lowest BCUT2D eigenvalue weighted by molar-refractivity contribution is 0.853. The third kappa shape index (κ3) is 3.37. The maximum absolute atomic E-state index is 4.18. The van der Waals surface area contributed by atoms with Gasteiger partial charge in [0.15, 0.2) is 0 Å². The van der Waals surface area contributed by atoms with Gasteiger partial charge < -0.3 is 0 Å². The van der Waals surface area contributed by atoms with E-state index in [1.807, 2.05) is 50.7 Å². The topological polar surface area (TPSA) is 17.3 Å². The minimum absolute atomic E-state index is 0.561. The maximum atomic E-state index is 4.18. The monoisotopic (exact) mass is 220 g/mol. The Hall–Kier alpha value is -1.31. The fraction of sp³-hybridized carbons (Fsp3) is 0.500. The van der Waals surface area contributed by atoms with Crippen molar-refractivity contribution in [2.75, 3.05) is 0 Å². The van der Waals surface area contributed by atoms with Gasteiger partial charge in [0.2, 0.25) is 0 Å². The predicted octanol–water partition coefficient (Wildman–Crippen LogP) is 4.51. The molecule has 0 amide bonds. The van der Waals surface area contributed by atoms with Gasteiger partial charge in [0.25, 0.3) is 0 Å². The Bertz CT molecular complexity index is 388. The summed E-state index contributed by atoms with van der Waals surface area (Å²) in [6.07, 6.45) is 3.81. The van der Waals surface area contributed by atoms with Crippen molar-refractivity contribution in [3.63, 3.8) is 0 Å². The summed E-state index contributed by atoms with van der Waals surface area (Å²) in [5.41, 5.74) is 2.57. The first-order chi connectivity index (χ1) is 7.79. The van der Waals surface area contributed by atoms with E-state index < -0.39 is 0 Å². The third-order valence-electron chi connectivity index (χ3n) is 2.09. The number of nitrogens with zero attached hydrogens (tertiary/aromatic N) is 2. The second-order valence-corrected chi connectivity index (χ2v) is 3.28. The fourth-order valence-electron chi connectivity index (χ4n) is 1.46. The van der Waals surface area contributed by atoms with Gasteiger partial charge in [0, 0.05) is 12.4 Å². The summed E-state index contributed by atoms with van der Waals surface area (Å²) >= 11 is 0. The highest BCUT2D eigenvalue weighted by Crippen LogP contribution is 2.19. The van der Waals surface area contributed by atoms with Crippen LogP contribution in [0.15, 0.2) is 30.6 Å².